The van der Waals surface area contributed by atoms with Crippen LogP contribution in [0.15, 0.2) is 42.7 Å². The topological polar surface area (TPSA) is 48.1 Å². The number of nitrogen functional groups attached to an aromatic ring is 1. The fourth-order valence-electron chi connectivity index (χ4n) is 1.27. The molecule has 1 heterocycles. The first-order valence-corrected chi connectivity index (χ1v) is 4.82. The molecule has 0 aliphatic heterocycles. The Hall–Kier alpha value is -2.10. The van der Waals surface area contributed by atoms with Crippen LogP contribution in [0, 0.1) is 5.82 Å². The summed E-state index contributed by atoms with van der Waals surface area (Å²) in [6.07, 6.45) is 3.23. The van der Waals surface area contributed by atoms with Gasteiger partial charge in [-0.2, -0.15) is 0 Å². The van der Waals surface area contributed by atoms with Crippen molar-refractivity contribution >= 4 is 5.69 Å². The lowest BCUT2D eigenvalue weighted by Crippen LogP contribution is -1.99. The normalized spacial score (nSPS) is 10.1. The molecule has 0 aliphatic rings. The predicted molar refractivity (Wildman–Crippen MR) is 59.4 cm³/mol. The maximum absolute atomic E-state index is 13.4. The Kier molecular flexibility index (Phi) is 3.00. The Balaban J connectivity index is 2.05. The zero-order valence-electron chi connectivity index (χ0n) is 8.56. The van der Waals surface area contributed by atoms with Gasteiger partial charge in [-0.25, -0.2) is 4.39 Å². The van der Waals surface area contributed by atoms with Crippen molar-refractivity contribution < 1.29 is 9.13 Å². The van der Waals surface area contributed by atoms with Gasteiger partial charge in [-0.1, -0.05) is 6.07 Å². The summed E-state index contributed by atoms with van der Waals surface area (Å²) in [6, 6.07) is 8.06. The lowest BCUT2D eigenvalue weighted by Gasteiger charge is -2.06. The SMILES string of the molecule is Nc1ccc(COc2cccnc2)c(F)c1. The fourth-order valence-corrected chi connectivity index (χ4v) is 1.27. The lowest BCUT2D eigenvalue weighted by molar-refractivity contribution is 0.298. The van der Waals surface area contributed by atoms with Crippen LogP contribution in [0.3, 0.4) is 0 Å². The van der Waals surface area contributed by atoms with Crippen LogP contribution in [0.1, 0.15) is 5.56 Å². The summed E-state index contributed by atoms with van der Waals surface area (Å²) in [5.41, 5.74) is 6.32. The zero-order chi connectivity index (χ0) is 11.4. The summed E-state index contributed by atoms with van der Waals surface area (Å²) in [5.74, 6) is 0.252. The molecule has 0 radical (unpaired) electrons. The molecule has 2 aromatic rings. The number of aromatic nitrogens is 1. The second-order valence-electron chi connectivity index (χ2n) is 3.33. The first kappa shape index (κ1) is 10.4. The minimum absolute atomic E-state index is 0.164. The maximum Gasteiger partial charge on any atom is 0.138 e. The van der Waals surface area contributed by atoms with Crippen LogP contribution in [-0.2, 0) is 6.61 Å². The summed E-state index contributed by atoms with van der Waals surface area (Å²) in [6.45, 7) is 0.164. The molecule has 0 fully saturated rings. The molecule has 0 spiro atoms. The third-order valence-corrected chi connectivity index (χ3v) is 2.11. The van der Waals surface area contributed by atoms with Crippen LogP contribution >= 0.6 is 0 Å². The molecule has 1 aromatic heterocycles. The second-order valence-corrected chi connectivity index (χ2v) is 3.33. The van der Waals surface area contributed by atoms with E-state index >= 15 is 0 Å². The van der Waals surface area contributed by atoms with Gasteiger partial charge in [0.15, 0.2) is 0 Å². The second kappa shape index (κ2) is 4.61. The smallest absolute Gasteiger partial charge is 0.138 e. The predicted octanol–water partition coefficient (Wildman–Crippen LogP) is 2.38. The number of hydrogen-bond acceptors (Lipinski definition) is 3. The van der Waals surface area contributed by atoms with Crippen molar-refractivity contribution in [2.45, 2.75) is 6.61 Å². The van der Waals surface area contributed by atoms with E-state index in [9.17, 15) is 4.39 Å². The molecular formula is C12H11FN2O. The summed E-state index contributed by atoms with van der Waals surface area (Å²) >= 11 is 0. The van der Waals surface area contributed by atoms with Gasteiger partial charge in [0.1, 0.15) is 18.2 Å². The highest BCUT2D eigenvalue weighted by Crippen LogP contribution is 2.15. The number of pyridine rings is 1. The number of anilines is 1. The van der Waals surface area contributed by atoms with Gasteiger partial charge in [0.05, 0.1) is 6.20 Å². The molecule has 0 aliphatic carbocycles. The molecule has 1 aromatic carbocycles. The van der Waals surface area contributed by atoms with Crippen molar-refractivity contribution in [3.63, 3.8) is 0 Å². The van der Waals surface area contributed by atoms with Crippen LogP contribution in [0.5, 0.6) is 5.75 Å². The Morgan fingerprint density at radius 2 is 2.19 bits per heavy atom. The molecular weight excluding hydrogens is 207 g/mol. The van der Waals surface area contributed by atoms with Gasteiger partial charge < -0.3 is 10.5 Å². The Morgan fingerprint density at radius 1 is 1.31 bits per heavy atom. The van der Waals surface area contributed by atoms with Crippen molar-refractivity contribution in [3.8, 4) is 5.75 Å². The highest BCUT2D eigenvalue weighted by Gasteiger charge is 2.03. The van der Waals surface area contributed by atoms with Crippen LogP contribution in [0.25, 0.3) is 0 Å². The number of ether oxygens (including phenoxy) is 1. The molecule has 0 saturated heterocycles. The zero-order valence-corrected chi connectivity index (χ0v) is 8.56. The van der Waals surface area contributed by atoms with Gasteiger partial charge >= 0.3 is 0 Å². The summed E-state index contributed by atoms with van der Waals surface area (Å²) in [7, 11) is 0. The molecule has 0 unspecified atom stereocenters. The Morgan fingerprint density at radius 3 is 2.88 bits per heavy atom. The van der Waals surface area contributed by atoms with E-state index in [4.69, 9.17) is 10.5 Å². The summed E-state index contributed by atoms with van der Waals surface area (Å²) < 4.78 is 18.7. The Labute approximate surface area is 92.7 Å². The van der Waals surface area contributed by atoms with Crippen LogP contribution in [-0.4, -0.2) is 4.98 Å². The van der Waals surface area contributed by atoms with Gasteiger partial charge in [-0.05, 0) is 24.3 Å². The third kappa shape index (κ3) is 2.48. The number of nitrogens with zero attached hydrogens (tertiary/aromatic N) is 1. The largest absolute Gasteiger partial charge is 0.487 e. The van der Waals surface area contributed by atoms with Gasteiger partial charge in [0.2, 0.25) is 0 Å². The molecule has 0 amide bonds. The molecule has 2 N–H and O–H groups in total. The number of halogens is 1. The highest BCUT2D eigenvalue weighted by molar-refractivity contribution is 5.40. The van der Waals surface area contributed by atoms with Crippen LogP contribution in [0.4, 0.5) is 10.1 Å². The average Bonchev–Trinajstić information content (AvgIpc) is 2.29. The lowest BCUT2D eigenvalue weighted by atomic mass is 10.2. The monoisotopic (exact) mass is 218 g/mol. The van der Waals surface area contributed by atoms with E-state index in [1.54, 1.807) is 36.7 Å². The van der Waals surface area contributed by atoms with Crippen molar-refractivity contribution in [3.05, 3.63) is 54.1 Å². The Bertz CT molecular complexity index is 474. The van der Waals surface area contributed by atoms with Crippen molar-refractivity contribution in [1.29, 1.82) is 0 Å². The molecule has 4 heteroatoms. The van der Waals surface area contributed by atoms with Crippen molar-refractivity contribution in [2.75, 3.05) is 5.73 Å². The molecule has 82 valence electrons. The van der Waals surface area contributed by atoms with E-state index in [2.05, 4.69) is 4.98 Å². The average molecular weight is 218 g/mol. The minimum atomic E-state index is -0.358. The van der Waals surface area contributed by atoms with Gasteiger partial charge in [0, 0.05) is 17.4 Å². The number of rotatable bonds is 3. The van der Waals surface area contributed by atoms with Crippen molar-refractivity contribution in [2.24, 2.45) is 0 Å². The number of nitrogens with two attached hydrogens (primary N) is 1. The third-order valence-electron chi connectivity index (χ3n) is 2.11. The van der Waals surface area contributed by atoms with Crippen LogP contribution in [0.2, 0.25) is 0 Å². The minimum Gasteiger partial charge on any atom is -0.487 e. The quantitative estimate of drug-likeness (QED) is 0.804. The number of benzene rings is 1. The highest BCUT2D eigenvalue weighted by atomic mass is 19.1. The van der Waals surface area contributed by atoms with Crippen molar-refractivity contribution in [1.82, 2.24) is 4.98 Å². The summed E-state index contributed by atoms with van der Waals surface area (Å²) in [5, 5.41) is 0. The van der Waals surface area contributed by atoms with E-state index in [0.717, 1.165) is 0 Å². The van der Waals surface area contributed by atoms with Gasteiger partial charge in [-0.3, -0.25) is 4.98 Å². The van der Waals surface area contributed by atoms with Gasteiger partial charge in [-0.15, -0.1) is 0 Å². The van der Waals surface area contributed by atoms with E-state index in [-0.39, 0.29) is 12.4 Å². The molecule has 16 heavy (non-hydrogen) atoms. The first-order chi connectivity index (χ1) is 7.75. The van der Waals surface area contributed by atoms with Crippen LogP contribution < -0.4 is 10.5 Å². The fraction of sp³-hybridized carbons (Fsp3) is 0.0833. The van der Waals surface area contributed by atoms with Gasteiger partial charge in [0.25, 0.3) is 0 Å². The van der Waals surface area contributed by atoms with E-state index in [1.807, 2.05) is 0 Å². The first-order valence-electron chi connectivity index (χ1n) is 4.82. The molecule has 2 rings (SSSR count). The van der Waals surface area contributed by atoms with E-state index in [0.29, 0.717) is 17.0 Å². The van der Waals surface area contributed by atoms with E-state index in [1.165, 1.54) is 6.07 Å². The molecule has 0 bridgehead atoms. The standard InChI is InChI=1S/C12H11FN2O/c13-12-6-10(14)4-3-9(12)8-16-11-2-1-5-15-7-11/h1-7H,8,14H2. The number of hydrogen-bond donors (Lipinski definition) is 1. The molecule has 0 saturated carbocycles. The molecule has 3 nitrogen and oxygen atoms in total. The molecule has 0 atom stereocenters. The van der Waals surface area contributed by atoms with E-state index < -0.39 is 0 Å². The maximum atomic E-state index is 13.4. The summed E-state index contributed by atoms with van der Waals surface area (Å²) in [4.78, 5) is 3.89.